The van der Waals surface area contributed by atoms with Crippen LogP contribution in [0.2, 0.25) is 0 Å². The van der Waals surface area contributed by atoms with Gasteiger partial charge in [-0.2, -0.15) is 0 Å². The number of nitrogens with two attached hydrogens (primary N) is 1. The molecule has 1 saturated carbocycles. The molecule has 3 fully saturated rings. The Balaban J connectivity index is 1.31. The maximum Gasteiger partial charge on any atom is 0.151 e. The summed E-state index contributed by atoms with van der Waals surface area (Å²) in [4.78, 5) is 8.79. The van der Waals surface area contributed by atoms with Gasteiger partial charge >= 0.3 is 0 Å². The van der Waals surface area contributed by atoms with Gasteiger partial charge in [0.1, 0.15) is 29.8 Å². The molecule has 2 aliphatic heterocycles. The summed E-state index contributed by atoms with van der Waals surface area (Å²) in [5.74, 6) is 2.07. The average Bonchev–Trinajstić information content (AvgIpc) is 3.46. The van der Waals surface area contributed by atoms with Crippen LogP contribution in [0.1, 0.15) is 50.0 Å². The van der Waals surface area contributed by atoms with E-state index in [1.807, 2.05) is 18.2 Å². The Kier molecular flexibility index (Phi) is 4.43. The highest BCUT2D eigenvalue weighted by Crippen LogP contribution is 2.45. The molecule has 3 aliphatic rings. The Morgan fingerprint density at radius 1 is 1.23 bits per heavy atom. The first-order chi connectivity index (χ1) is 15.1. The molecule has 4 heterocycles. The van der Waals surface area contributed by atoms with Gasteiger partial charge in [-0.05, 0) is 68.1 Å². The van der Waals surface area contributed by atoms with Gasteiger partial charge in [-0.15, -0.1) is 0 Å². The van der Waals surface area contributed by atoms with E-state index in [9.17, 15) is 5.11 Å². The molecule has 2 bridgehead atoms. The molecule has 7 nitrogen and oxygen atoms in total. The van der Waals surface area contributed by atoms with E-state index in [4.69, 9.17) is 15.2 Å². The van der Waals surface area contributed by atoms with Crippen LogP contribution >= 0.6 is 0 Å². The van der Waals surface area contributed by atoms with Crippen LogP contribution in [-0.4, -0.2) is 44.6 Å². The second kappa shape index (κ2) is 7.21. The molecule has 0 atom stereocenters. The first-order valence-electron chi connectivity index (χ1n) is 11.3. The molecule has 0 unspecified atom stereocenters. The Bertz CT molecular complexity index is 1110. The van der Waals surface area contributed by atoms with Crippen molar-refractivity contribution in [3.05, 3.63) is 42.4 Å². The highest BCUT2D eigenvalue weighted by atomic mass is 16.6. The predicted octanol–water partition coefficient (Wildman–Crippen LogP) is 3.58. The average molecular weight is 421 g/mol. The molecule has 31 heavy (non-hydrogen) atoms. The second-order valence-corrected chi connectivity index (χ2v) is 9.41. The van der Waals surface area contributed by atoms with Crippen molar-refractivity contribution in [2.24, 2.45) is 5.92 Å². The van der Waals surface area contributed by atoms with Gasteiger partial charge in [0.2, 0.25) is 0 Å². The summed E-state index contributed by atoms with van der Waals surface area (Å²) >= 11 is 0. The molecule has 3 N–H and O–H groups in total. The maximum atomic E-state index is 9.42. The molecule has 7 heteroatoms. The Morgan fingerprint density at radius 2 is 2.06 bits per heavy atom. The Morgan fingerprint density at radius 3 is 2.81 bits per heavy atom. The Labute approximate surface area is 181 Å². The lowest BCUT2D eigenvalue weighted by Crippen LogP contribution is -2.32. The lowest BCUT2D eigenvalue weighted by Gasteiger charge is -2.33. The molecule has 6 rings (SSSR count). The van der Waals surface area contributed by atoms with Crippen molar-refractivity contribution >= 4 is 16.9 Å². The van der Waals surface area contributed by atoms with E-state index in [0.29, 0.717) is 30.4 Å². The molecule has 162 valence electrons. The molecule has 1 aromatic carbocycles. The number of benzene rings is 1. The highest BCUT2D eigenvalue weighted by Gasteiger charge is 2.46. The molecule has 2 saturated heterocycles. The highest BCUT2D eigenvalue weighted by molar-refractivity contribution is 5.90. The quantitative estimate of drug-likeness (QED) is 0.633. The van der Waals surface area contributed by atoms with Crippen LogP contribution in [-0.2, 0) is 4.74 Å². The van der Waals surface area contributed by atoms with Crippen molar-refractivity contribution in [2.45, 2.75) is 56.1 Å². The molecule has 0 spiro atoms. The molecular weight excluding hydrogens is 392 g/mol. The van der Waals surface area contributed by atoms with Gasteiger partial charge in [0, 0.05) is 24.6 Å². The molecular formula is C24H28N4O3. The van der Waals surface area contributed by atoms with Gasteiger partial charge in [0.05, 0.1) is 11.6 Å². The van der Waals surface area contributed by atoms with Crippen molar-refractivity contribution in [2.75, 3.05) is 18.9 Å². The van der Waals surface area contributed by atoms with Crippen LogP contribution in [0.25, 0.3) is 16.7 Å². The van der Waals surface area contributed by atoms with Gasteiger partial charge in [-0.25, -0.2) is 9.97 Å². The number of hydrogen-bond acceptors (Lipinski definition) is 6. The summed E-state index contributed by atoms with van der Waals surface area (Å²) in [6.07, 6.45) is 10.5. The molecule has 3 aromatic rings. The second-order valence-electron chi connectivity index (χ2n) is 9.41. The van der Waals surface area contributed by atoms with E-state index >= 15 is 0 Å². The number of rotatable bonds is 6. The number of hydrogen-bond donors (Lipinski definition) is 2. The van der Waals surface area contributed by atoms with Gasteiger partial charge in [-0.1, -0.05) is 6.07 Å². The number of nitrogen functional groups attached to an aromatic ring is 1. The normalized spacial score (nSPS) is 29.4. The molecule has 0 amide bonds. The van der Waals surface area contributed by atoms with Crippen LogP contribution in [0.5, 0.6) is 5.75 Å². The van der Waals surface area contributed by atoms with Crippen LogP contribution in [0.15, 0.2) is 36.8 Å². The minimum absolute atomic E-state index is 0.0975. The number of fused-ring (bicyclic) bond motifs is 3. The van der Waals surface area contributed by atoms with E-state index in [2.05, 4.69) is 26.8 Å². The zero-order valence-electron chi connectivity index (χ0n) is 17.5. The SMILES string of the molecule is Nc1ncnc2c(C3CC(CO)C3)cn(-c3cccc(OCC45CCC(CC4)O5)c3)c12. The van der Waals surface area contributed by atoms with Crippen molar-refractivity contribution in [1.82, 2.24) is 14.5 Å². The fourth-order valence-electron chi connectivity index (χ4n) is 5.57. The third-order valence-electron chi connectivity index (χ3n) is 7.43. The van der Waals surface area contributed by atoms with Crippen molar-refractivity contribution in [3.8, 4) is 11.4 Å². The minimum Gasteiger partial charge on any atom is -0.491 e. The molecule has 0 radical (unpaired) electrons. The fraction of sp³-hybridized carbons (Fsp3) is 0.500. The summed E-state index contributed by atoms with van der Waals surface area (Å²) in [7, 11) is 0. The number of anilines is 1. The van der Waals surface area contributed by atoms with Gasteiger partial charge in [0.15, 0.2) is 5.82 Å². The van der Waals surface area contributed by atoms with Crippen molar-refractivity contribution in [1.29, 1.82) is 0 Å². The van der Waals surface area contributed by atoms with Gasteiger partial charge in [-0.3, -0.25) is 0 Å². The van der Waals surface area contributed by atoms with E-state index < -0.39 is 0 Å². The van der Waals surface area contributed by atoms with E-state index in [0.717, 1.165) is 61.0 Å². The number of ether oxygens (including phenoxy) is 2. The first kappa shape index (κ1) is 19.1. The van der Waals surface area contributed by atoms with Crippen LogP contribution in [0.4, 0.5) is 5.82 Å². The minimum atomic E-state index is -0.0975. The smallest absolute Gasteiger partial charge is 0.151 e. The summed E-state index contributed by atoms with van der Waals surface area (Å²) < 4.78 is 14.4. The molecule has 2 aromatic heterocycles. The maximum absolute atomic E-state index is 9.42. The zero-order valence-corrected chi connectivity index (χ0v) is 17.5. The van der Waals surface area contributed by atoms with E-state index in [1.165, 1.54) is 11.9 Å². The van der Waals surface area contributed by atoms with Crippen LogP contribution in [0, 0.1) is 5.92 Å². The summed E-state index contributed by atoms with van der Waals surface area (Å²) in [6, 6.07) is 8.10. The Hall–Kier alpha value is -2.64. The number of aliphatic hydroxyl groups is 1. The van der Waals surface area contributed by atoms with Crippen LogP contribution < -0.4 is 10.5 Å². The third kappa shape index (κ3) is 3.18. The standard InChI is InChI=1S/C24H28N4O3/c25-23-22-21(26-14-27-23)20(16-8-15(9-16)12-29)11-28(22)17-2-1-3-19(10-17)30-13-24-6-4-18(31-24)5-7-24/h1-3,10-11,14-16,18,29H,4-9,12-13H2,(H2,25,26,27). The largest absolute Gasteiger partial charge is 0.491 e. The van der Waals surface area contributed by atoms with Gasteiger partial charge < -0.3 is 24.9 Å². The zero-order chi connectivity index (χ0) is 21.0. The number of aliphatic hydroxyl groups excluding tert-OH is 1. The predicted molar refractivity (Wildman–Crippen MR) is 117 cm³/mol. The van der Waals surface area contributed by atoms with Gasteiger partial charge in [0.25, 0.3) is 0 Å². The number of nitrogens with zero attached hydrogens (tertiary/aromatic N) is 3. The lowest BCUT2D eigenvalue weighted by molar-refractivity contribution is -0.0198. The van der Waals surface area contributed by atoms with Crippen molar-refractivity contribution in [3.63, 3.8) is 0 Å². The van der Waals surface area contributed by atoms with Crippen molar-refractivity contribution < 1.29 is 14.6 Å². The number of aromatic nitrogens is 3. The molecule has 1 aliphatic carbocycles. The first-order valence-corrected chi connectivity index (χ1v) is 11.3. The van der Waals surface area contributed by atoms with E-state index in [-0.39, 0.29) is 12.2 Å². The fourth-order valence-corrected chi connectivity index (χ4v) is 5.57. The summed E-state index contributed by atoms with van der Waals surface area (Å²) in [5.41, 5.74) is 10.1. The summed E-state index contributed by atoms with van der Waals surface area (Å²) in [6.45, 7) is 0.845. The summed E-state index contributed by atoms with van der Waals surface area (Å²) in [5, 5.41) is 9.42. The van der Waals surface area contributed by atoms with E-state index in [1.54, 1.807) is 0 Å². The van der Waals surface area contributed by atoms with Crippen LogP contribution in [0.3, 0.4) is 0 Å². The third-order valence-corrected chi connectivity index (χ3v) is 7.43. The monoisotopic (exact) mass is 420 g/mol. The lowest BCUT2D eigenvalue weighted by atomic mass is 9.72. The topological polar surface area (TPSA) is 95.4 Å².